The summed E-state index contributed by atoms with van der Waals surface area (Å²) in [5, 5.41) is 0. The fourth-order valence-corrected chi connectivity index (χ4v) is 0.802. The van der Waals surface area contributed by atoms with Crippen LogP contribution in [0.3, 0.4) is 0 Å². The molecule has 0 saturated carbocycles. The van der Waals surface area contributed by atoms with Crippen molar-refractivity contribution in [1.82, 2.24) is 0 Å². The molecule has 0 radical (unpaired) electrons. The van der Waals surface area contributed by atoms with Crippen molar-refractivity contribution < 1.29 is 0 Å². The van der Waals surface area contributed by atoms with Gasteiger partial charge < -0.3 is 0 Å². The minimum absolute atomic E-state index is 1.16. The molecule has 0 spiro atoms. The Morgan fingerprint density at radius 2 is 1.36 bits per heavy atom. The van der Waals surface area contributed by atoms with E-state index in [1.807, 2.05) is 13.8 Å². The third-order valence-electron chi connectivity index (χ3n) is 1.63. The maximum Gasteiger partial charge on any atom is -0.0323 e. The molecule has 14 heavy (non-hydrogen) atoms. The molecule has 0 aromatic carbocycles. The molecule has 0 rings (SSSR count). The summed E-state index contributed by atoms with van der Waals surface area (Å²) in [5.41, 5.74) is 1.41. The van der Waals surface area contributed by atoms with Gasteiger partial charge in [0.2, 0.25) is 0 Å². The Hall–Kier alpha value is -0.260. The van der Waals surface area contributed by atoms with E-state index in [1.165, 1.54) is 37.7 Å². The molecule has 0 aliphatic rings. The smallest absolute Gasteiger partial charge is 0.0323 e. The van der Waals surface area contributed by atoms with Gasteiger partial charge in [-0.15, -0.1) is 0 Å². The summed E-state index contributed by atoms with van der Waals surface area (Å²) in [4.78, 5) is 0. The first-order chi connectivity index (χ1) is 6.72. The van der Waals surface area contributed by atoms with Crippen LogP contribution in [-0.2, 0) is 0 Å². The van der Waals surface area contributed by atoms with Crippen molar-refractivity contribution in [2.24, 2.45) is 0 Å². The molecule has 0 unspecified atom stereocenters. The minimum Gasteiger partial charge on any atom is -0.0999 e. The molecule has 0 aromatic rings. The van der Waals surface area contributed by atoms with E-state index in [0.717, 1.165) is 6.42 Å². The molecule has 0 aromatic heterocycles. The van der Waals surface area contributed by atoms with Gasteiger partial charge in [-0.25, -0.2) is 0 Å². The minimum atomic E-state index is 1.16. The fraction of sp³-hybridized carbons (Fsp3) is 0.857. The summed E-state index contributed by atoms with van der Waals surface area (Å²) in [6.07, 6.45) is 7.66. The average molecular weight is 200 g/mol. The highest BCUT2D eigenvalue weighted by molar-refractivity contribution is 4.91. The van der Waals surface area contributed by atoms with Crippen molar-refractivity contribution in [2.45, 2.75) is 80.1 Å². The summed E-state index contributed by atoms with van der Waals surface area (Å²) >= 11 is 0. The van der Waals surface area contributed by atoms with E-state index in [2.05, 4.69) is 34.3 Å². The molecule has 0 bridgehead atoms. The number of hydrogen-bond donors (Lipinski definition) is 0. The first-order valence-electron chi connectivity index (χ1n) is 6.39. The van der Waals surface area contributed by atoms with Crippen LogP contribution < -0.4 is 0 Å². The molecular weight excluding hydrogens is 168 g/mol. The molecule has 0 aliphatic heterocycles. The monoisotopic (exact) mass is 200 g/mol. The quantitative estimate of drug-likeness (QED) is 0.378. The first-order valence-corrected chi connectivity index (χ1v) is 6.39. The normalized spacial score (nSPS) is 7.86. The van der Waals surface area contributed by atoms with Crippen LogP contribution in [0.2, 0.25) is 0 Å². The maximum atomic E-state index is 3.94. The van der Waals surface area contributed by atoms with Gasteiger partial charge in [0.05, 0.1) is 0 Å². The standard InChI is InChI=1S/C9H18.C3H8.C2H6/c1-4-6-7-8-9(3)5-2;1-3-2;1-2/h3-8H2,1-2H3;3H2,1-2H3;1-2H3. The van der Waals surface area contributed by atoms with Crippen molar-refractivity contribution in [3.63, 3.8) is 0 Å². The Labute approximate surface area is 92.8 Å². The lowest BCUT2D eigenvalue weighted by Gasteiger charge is -1.98. The summed E-state index contributed by atoms with van der Waals surface area (Å²) < 4.78 is 0. The second kappa shape index (κ2) is 23.0. The van der Waals surface area contributed by atoms with Crippen LogP contribution in [0.25, 0.3) is 0 Å². The Kier molecular flexibility index (Phi) is 31.7. The largest absolute Gasteiger partial charge is 0.0999 e. The van der Waals surface area contributed by atoms with Crippen molar-refractivity contribution in [3.05, 3.63) is 12.2 Å². The van der Waals surface area contributed by atoms with Gasteiger partial charge >= 0.3 is 0 Å². The number of rotatable bonds is 5. The summed E-state index contributed by atoms with van der Waals surface area (Å²) in [5.74, 6) is 0. The third kappa shape index (κ3) is 29.8. The number of unbranched alkanes of at least 4 members (excludes halogenated alkanes) is 2. The average Bonchev–Trinajstić information content (AvgIpc) is 2.22. The topological polar surface area (TPSA) is 0 Å². The number of allylic oxidation sites excluding steroid dienone is 1. The molecule has 0 nitrogen and oxygen atoms in total. The third-order valence-corrected chi connectivity index (χ3v) is 1.63. The van der Waals surface area contributed by atoms with E-state index < -0.39 is 0 Å². The van der Waals surface area contributed by atoms with E-state index in [1.54, 1.807) is 0 Å². The molecule has 0 N–H and O–H groups in total. The van der Waals surface area contributed by atoms with Crippen LogP contribution in [0.15, 0.2) is 12.2 Å². The highest BCUT2D eigenvalue weighted by atomic mass is 13.9. The van der Waals surface area contributed by atoms with Crippen LogP contribution in [-0.4, -0.2) is 0 Å². The van der Waals surface area contributed by atoms with E-state index in [4.69, 9.17) is 0 Å². The molecule has 88 valence electrons. The SMILES string of the molecule is C=C(CC)CCCCC.CC.CCC. The Balaban J connectivity index is -0.000000205. The Bertz CT molecular complexity index is 82.0. The highest BCUT2D eigenvalue weighted by Gasteiger charge is 1.88. The van der Waals surface area contributed by atoms with Crippen LogP contribution >= 0.6 is 0 Å². The Morgan fingerprint density at radius 1 is 0.929 bits per heavy atom. The maximum absolute atomic E-state index is 3.94. The zero-order valence-electron chi connectivity index (χ0n) is 11.4. The lowest BCUT2D eigenvalue weighted by molar-refractivity contribution is 0.703. The van der Waals surface area contributed by atoms with Crippen LogP contribution in [0.5, 0.6) is 0 Å². The summed E-state index contributed by atoms with van der Waals surface area (Å²) in [7, 11) is 0. The zero-order valence-corrected chi connectivity index (χ0v) is 11.4. The summed E-state index contributed by atoms with van der Waals surface area (Å²) in [6, 6.07) is 0. The molecule has 0 amide bonds. The molecule has 0 saturated heterocycles. The lowest BCUT2D eigenvalue weighted by atomic mass is 10.1. The van der Waals surface area contributed by atoms with Gasteiger partial charge in [-0.3, -0.25) is 0 Å². The van der Waals surface area contributed by atoms with Crippen molar-refractivity contribution in [3.8, 4) is 0 Å². The molecular formula is C14H32. The van der Waals surface area contributed by atoms with Crippen LogP contribution in [0.1, 0.15) is 80.1 Å². The molecule has 0 atom stereocenters. The predicted molar refractivity (Wildman–Crippen MR) is 70.9 cm³/mol. The van der Waals surface area contributed by atoms with Gasteiger partial charge in [-0.2, -0.15) is 0 Å². The van der Waals surface area contributed by atoms with Crippen LogP contribution in [0.4, 0.5) is 0 Å². The molecule has 0 heterocycles. The van der Waals surface area contributed by atoms with Gasteiger partial charge in [0, 0.05) is 0 Å². The Morgan fingerprint density at radius 3 is 1.64 bits per heavy atom. The first kappa shape index (κ1) is 19.3. The van der Waals surface area contributed by atoms with E-state index in [9.17, 15) is 0 Å². The zero-order chi connectivity index (χ0) is 11.8. The lowest BCUT2D eigenvalue weighted by Crippen LogP contribution is -1.78. The molecule has 0 heteroatoms. The van der Waals surface area contributed by atoms with E-state index >= 15 is 0 Å². The van der Waals surface area contributed by atoms with Crippen LogP contribution in [0, 0.1) is 0 Å². The van der Waals surface area contributed by atoms with Crippen molar-refractivity contribution in [2.75, 3.05) is 0 Å². The molecule has 0 aliphatic carbocycles. The van der Waals surface area contributed by atoms with Gasteiger partial charge in [0.15, 0.2) is 0 Å². The second-order valence-electron chi connectivity index (χ2n) is 3.27. The number of hydrogen-bond acceptors (Lipinski definition) is 0. The van der Waals surface area contributed by atoms with Crippen molar-refractivity contribution >= 4 is 0 Å². The van der Waals surface area contributed by atoms with Gasteiger partial charge in [-0.1, -0.05) is 73.0 Å². The molecule has 0 fully saturated rings. The van der Waals surface area contributed by atoms with Crippen molar-refractivity contribution in [1.29, 1.82) is 0 Å². The van der Waals surface area contributed by atoms with E-state index in [0.29, 0.717) is 0 Å². The second-order valence-corrected chi connectivity index (χ2v) is 3.27. The van der Waals surface area contributed by atoms with Gasteiger partial charge in [0.25, 0.3) is 0 Å². The van der Waals surface area contributed by atoms with Gasteiger partial charge in [0.1, 0.15) is 0 Å². The van der Waals surface area contributed by atoms with Gasteiger partial charge in [-0.05, 0) is 19.3 Å². The summed E-state index contributed by atoms with van der Waals surface area (Å²) in [6.45, 7) is 16.6. The fourth-order valence-electron chi connectivity index (χ4n) is 0.802. The van der Waals surface area contributed by atoms with E-state index in [-0.39, 0.29) is 0 Å². The predicted octanol–water partition coefficient (Wildman–Crippen LogP) is 5.98. The highest BCUT2D eigenvalue weighted by Crippen LogP contribution is 2.08.